The van der Waals surface area contributed by atoms with Crippen molar-refractivity contribution in [2.24, 2.45) is 0 Å². The number of carbonyl (C=O) groups excluding carboxylic acids is 2. The van der Waals surface area contributed by atoms with E-state index in [1.54, 1.807) is 42.5 Å². The number of aliphatic hydroxyl groups excluding tert-OH is 1. The average molecular weight is 453 g/mol. The van der Waals surface area contributed by atoms with E-state index in [0.717, 1.165) is 17.2 Å². The van der Waals surface area contributed by atoms with Crippen LogP contribution in [0, 0.1) is 0 Å². The van der Waals surface area contributed by atoms with E-state index in [1.165, 1.54) is 11.2 Å². The van der Waals surface area contributed by atoms with Gasteiger partial charge < -0.3 is 14.3 Å². The Labute approximate surface area is 196 Å². The highest BCUT2D eigenvalue weighted by Gasteiger charge is 2.48. The Hall–Kier alpha value is -4.32. The molecule has 1 fully saturated rings. The van der Waals surface area contributed by atoms with E-state index < -0.39 is 17.7 Å². The standard InChI is InChI=1S/C28H23NO5/c1-2-16-33-20-14-12-19(13-15-20)26(30)24-25(23-11-6-17-34-23)29(28(32)27(24)31)22-10-5-8-18-7-3-4-9-21(18)22/h3-15,17,25,30H,2,16H2,1H3/b26-24-. The summed E-state index contributed by atoms with van der Waals surface area (Å²) in [6.07, 6.45) is 2.36. The first kappa shape index (κ1) is 21.5. The van der Waals surface area contributed by atoms with E-state index in [9.17, 15) is 14.7 Å². The molecule has 3 aromatic carbocycles. The number of aliphatic hydroxyl groups is 1. The zero-order chi connectivity index (χ0) is 23.7. The number of rotatable bonds is 6. The Bertz CT molecular complexity index is 1380. The number of ketones is 1. The lowest BCUT2D eigenvalue weighted by Gasteiger charge is -2.24. The highest BCUT2D eigenvalue weighted by atomic mass is 16.5. The molecular formula is C28H23NO5. The minimum Gasteiger partial charge on any atom is -0.507 e. The summed E-state index contributed by atoms with van der Waals surface area (Å²) in [4.78, 5) is 28.0. The van der Waals surface area contributed by atoms with Crippen molar-refractivity contribution in [3.05, 3.63) is 102 Å². The molecule has 1 saturated heterocycles. The van der Waals surface area contributed by atoms with Crippen LogP contribution < -0.4 is 9.64 Å². The van der Waals surface area contributed by atoms with Gasteiger partial charge in [0.1, 0.15) is 23.3 Å². The SMILES string of the molecule is CCCOc1ccc(/C(O)=C2/C(=O)C(=O)N(c3cccc4ccccc34)C2c2ccco2)cc1. The zero-order valence-electron chi connectivity index (χ0n) is 18.6. The molecule has 170 valence electrons. The number of ether oxygens (including phenoxy) is 1. The van der Waals surface area contributed by atoms with E-state index in [2.05, 4.69) is 0 Å². The first-order valence-electron chi connectivity index (χ1n) is 11.2. The van der Waals surface area contributed by atoms with Crippen molar-refractivity contribution in [1.82, 2.24) is 0 Å². The van der Waals surface area contributed by atoms with E-state index >= 15 is 0 Å². The number of anilines is 1. The second-order valence-electron chi connectivity index (χ2n) is 8.06. The molecule has 6 heteroatoms. The molecule has 1 unspecified atom stereocenters. The van der Waals surface area contributed by atoms with E-state index in [1.807, 2.05) is 43.3 Å². The van der Waals surface area contributed by atoms with Crippen LogP contribution in [0.15, 0.2) is 95.1 Å². The van der Waals surface area contributed by atoms with E-state index in [-0.39, 0.29) is 11.3 Å². The van der Waals surface area contributed by atoms with Gasteiger partial charge in [-0.05, 0) is 54.3 Å². The lowest BCUT2D eigenvalue weighted by molar-refractivity contribution is -0.132. The molecule has 1 aliphatic heterocycles. The number of carbonyl (C=O) groups is 2. The maximum atomic E-state index is 13.3. The smallest absolute Gasteiger partial charge is 0.300 e. The van der Waals surface area contributed by atoms with Gasteiger partial charge in [0, 0.05) is 10.9 Å². The predicted octanol–water partition coefficient (Wildman–Crippen LogP) is 5.85. The number of furan rings is 1. The van der Waals surface area contributed by atoms with Crippen LogP contribution in [0.3, 0.4) is 0 Å². The molecule has 1 N–H and O–H groups in total. The summed E-state index contributed by atoms with van der Waals surface area (Å²) in [6.45, 7) is 2.60. The highest BCUT2D eigenvalue weighted by Crippen LogP contribution is 2.44. The fourth-order valence-corrected chi connectivity index (χ4v) is 4.30. The summed E-state index contributed by atoms with van der Waals surface area (Å²) in [7, 11) is 0. The van der Waals surface area contributed by atoms with Gasteiger partial charge in [0.2, 0.25) is 0 Å². The Morgan fingerprint density at radius 1 is 0.971 bits per heavy atom. The van der Waals surface area contributed by atoms with Crippen molar-refractivity contribution >= 4 is 33.9 Å². The van der Waals surface area contributed by atoms with Crippen LogP contribution >= 0.6 is 0 Å². The maximum Gasteiger partial charge on any atom is 0.300 e. The molecule has 0 radical (unpaired) electrons. The first-order chi connectivity index (χ1) is 16.6. The lowest BCUT2D eigenvalue weighted by atomic mass is 9.98. The largest absolute Gasteiger partial charge is 0.507 e. The van der Waals surface area contributed by atoms with Crippen LogP contribution in [0.25, 0.3) is 16.5 Å². The van der Waals surface area contributed by atoms with Crippen LogP contribution in [-0.2, 0) is 9.59 Å². The van der Waals surface area contributed by atoms with E-state index in [4.69, 9.17) is 9.15 Å². The summed E-state index contributed by atoms with van der Waals surface area (Å²) >= 11 is 0. The second-order valence-corrected chi connectivity index (χ2v) is 8.06. The maximum absolute atomic E-state index is 13.3. The summed E-state index contributed by atoms with van der Waals surface area (Å²) < 4.78 is 11.3. The van der Waals surface area contributed by atoms with Crippen LogP contribution in [0.5, 0.6) is 5.75 Å². The second kappa shape index (κ2) is 8.90. The third-order valence-corrected chi connectivity index (χ3v) is 5.88. The van der Waals surface area contributed by atoms with Gasteiger partial charge in [-0.15, -0.1) is 0 Å². The third kappa shape index (κ3) is 3.63. The lowest BCUT2D eigenvalue weighted by Crippen LogP contribution is -2.29. The number of Topliss-reactive ketones (excluding diaryl/α,β-unsaturated/α-hetero) is 1. The fourth-order valence-electron chi connectivity index (χ4n) is 4.30. The molecule has 34 heavy (non-hydrogen) atoms. The summed E-state index contributed by atoms with van der Waals surface area (Å²) in [6, 6.07) is 22.5. The van der Waals surface area contributed by atoms with Gasteiger partial charge in [-0.25, -0.2) is 0 Å². The van der Waals surface area contributed by atoms with Gasteiger partial charge in [0.25, 0.3) is 11.7 Å². The van der Waals surface area contributed by atoms with Crippen LogP contribution in [0.4, 0.5) is 5.69 Å². The first-order valence-corrected chi connectivity index (χ1v) is 11.2. The fraction of sp³-hybridized carbons (Fsp3) is 0.143. The number of nitrogens with zero attached hydrogens (tertiary/aromatic N) is 1. The minimum atomic E-state index is -0.906. The number of fused-ring (bicyclic) bond motifs is 1. The normalized spacial score (nSPS) is 17.4. The Morgan fingerprint density at radius 3 is 2.47 bits per heavy atom. The molecule has 1 atom stereocenters. The topological polar surface area (TPSA) is 80.0 Å². The Kier molecular flexibility index (Phi) is 5.64. The Morgan fingerprint density at radius 2 is 1.74 bits per heavy atom. The molecule has 1 aliphatic rings. The van der Waals surface area contributed by atoms with Gasteiger partial charge in [0.15, 0.2) is 0 Å². The van der Waals surface area contributed by atoms with Crippen molar-refractivity contribution in [3.63, 3.8) is 0 Å². The predicted molar refractivity (Wildman–Crippen MR) is 130 cm³/mol. The van der Waals surface area contributed by atoms with Gasteiger partial charge in [-0.2, -0.15) is 0 Å². The molecule has 0 aliphatic carbocycles. The molecule has 1 aromatic heterocycles. The van der Waals surface area contributed by atoms with Gasteiger partial charge in [-0.3, -0.25) is 14.5 Å². The van der Waals surface area contributed by atoms with Crippen LogP contribution in [-0.4, -0.2) is 23.4 Å². The Balaban J connectivity index is 1.66. The van der Waals surface area contributed by atoms with Gasteiger partial charge >= 0.3 is 0 Å². The van der Waals surface area contributed by atoms with Crippen LogP contribution in [0.1, 0.15) is 30.7 Å². The highest BCUT2D eigenvalue weighted by molar-refractivity contribution is 6.52. The molecule has 1 amide bonds. The summed E-state index contributed by atoms with van der Waals surface area (Å²) in [5, 5.41) is 13.0. The summed E-state index contributed by atoms with van der Waals surface area (Å²) in [5.41, 5.74) is 0.968. The molecule has 4 aromatic rings. The summed E-state index contributed by atoms with van der Waals surface area (Å²) in [5.74, 6) is -0.696. The molecule has 6 nitrogen and oxygen atoms in total. The van der Waals surface area contributed by atoms with Crippen molar-refractivity contribution in [2.45, 2.75) is 19.4 Å². The molecule has 5 rings (SSSR count). The molecule has 0 bridgehead atoms. The molecular weight excluding hydrogens is 430 g/mol. The van der Waals surface area contributed by atoms with Gasteiger partial charge in [0.05, 0.1) is 24.1 Å². The number of amides is 1. The van der Waals surface area contributed by atoms with Crippen molar-refractivity contribution < 1.29 is 23.8 Å². The number of benzene rings is 3. The molecule has 2 heterocycles. The molecule has 0 saturated carbocycles. The zero-order valence-corrected chi connectivity index (χ0v) is 18.6. The number of hydrogen-bond donors (Lipinski definition) is 1. The van der Waals surface area contributed by atoms with Crippen molar-refractivity contribution in [1.29, 1.82) is 0 Å². The minimum absolute atomic E-state index is 0.0184. The monoisotopic (exact) mass is 453 g/mol. The van der Waals surface area contributed by atoms with Crippen molar-refractivity contribution in [3.8, 4) is 5.75 Å². The van der Waals surface area contributed by atoms with Crippen LogP contribution in [0.2, 0.25) is 0 Å². The quantitative estimate of drug-likeness (QED) is 0.225. The average Bonchev–Trinajstić information content (AvgIpc) is 3.49. The van der Waals surface area contributed by atoms with E-state index in [0.29, 0.717) is 29.4 Å². The molecule has 0 spiro atoms. The number of hydrogen-bond acceptors (Lipinski definition) is 5. The third-order valence-electron chi connectivity index (χ3n) is 5.88. The van der Waals surface area contributed by atoms with Crippen molar-refractivity contribution in [2.75, 3.05) is 11.5 Å². The van der Waals surface area contributed by atoms with Gasteiger partial charge in [-0.1, -0.05) is 43.3 Å².